The third-order valence-electron chi connectivity index (χ3n) is 2.43. The van der Waals surface area contributed by atoms with Gasteiger partial charge >= 0.3 is 0 Å². The van der Waals surface area contributed by atoms with Crippen LogP contribution in [0.25, 0.3) is 0 Å². The van der Waals surface area contributed by atoms with Gasteiger partial charge in [0, 0.05) is 0 Å². The summed E-state index contributed by atoms with van der Waals surface area (Å²) in [4.78, 5) is 3.99. The maximum atomic E-state index is 12.8. The summed E-state index contributed by atoms with van der Waals surface area (Å²) in [7, 11) is -3.82. The fourth-order valence-electron chi connectivity index (χ4n) is 1.51. The highest BCUT2D eigenvalue weighted by Gasteiger charge is 2.14. The Morgan fingerprint density at radius 3 is 2.57 bits per heavy atom. The van der Waals surface area contributed by atoms with Gasteiger partial charge in [-0.1, -0.05) is 12.0 Å². The van der Waals surface area contributed by atoms with E-state index in [1.807, 2.05) is 0 Å². The molecule has 0 aliphatic rings. The van der Waals surface area contributed by atoms with E-state index in [4.69, 9.17) is 5.73 Å². The first-order chi connectivity index (χ1) is 10.0. The highest BCUT2D eigenvalue weighted by molar-refractivity contribution is 7.92. The number of rotatable bonds is 3. The van der Waals surface area contributed by atoms with Crippen molar-refractivity contribution in [3.8, 4) is 11.8 Å². The van der Waals surface area contributed by atoms with Crippen molar-refractivity contribution in [1.29, 1.82) is 0 Å². The normalized spacial score (nSPS) is 10.6. The zero-order valence-corrected chi connectivity index (χ0v) is 11.7. The Bertz CT molecular complexity index is 793. The van der Waals surface area contributed by atoms with E-state index in [1.165, 1.54) is 18.2 Å². The molecule has 3 N–H and O–H groups in total. The van der Waals surface area contributed by atoms with Crippen LogP contribution in [0, 0.1) is 17.7 Å². The van der Waals surface area contributed by atoms with Crippen molar-refractivity contribution in [2.45, 2.75) is 4.90 Å². The van der Waals surface area contributed by atoms with Crippen molar-refractivity contribution in [3.05, 3.63) is 54.0 Å². The summed E-state index contributed by atoms with van der Waals surface area (Å²) in [5, 5.41) is 0. The Labute approximate surface area is 122 Å². The van der Waals surface area contributed by atoms with Crippen LogP contribution < -0.4 is 10.5 Å². The van der Waals surface area contributed by atoms with Crippen LogP contribution in [0.1, 0.15) is 5.69 Å². The van der Waals surface area contributed by atoms with E-state index in [2.05, 4.69) is 21.5 Å². The van der Waals surface area contributed by atoms with Gasteiger partial charge in [-0.25, -0.2) is 17.8 Å². The van der Waals surface area contributed by atoms with Gasteiger partial charge < -0.3 is 5.73 Å². The van der Waals surface area contributed by atoms with Gasteiger partial charge in [0.1, 0.15) is 17.3 Å². The van der Waals surface area contributed by atoms with Crippen molar-refractivity contribution in [1.82, 2.24) is 4.98 Å². The molecule has 21 heavy (non-hydrogen) atoms. The Morgan fingerprint density at radius 1 is 1.19 bits per heavy atom. The van der Waals surface area contributed by atoms with Crippen LogP contribution in [0.5, 0.6) is 0 Å². The molecule has 2 aromatic rings. The highest BCUT2D eigenvalue weighted by atomic mass is 32.2. The summed E-state index contributed by atoms with van der Waals surface area (Å²) in [5.41, 5.74) is 5.66. The molecule has 0 saturated carbocycles. The topological polar surface area (TPSA) is 85.1 Å². The van der Waals surface area contributed by atoms with E-state index < -0.39 is 15.8 Å². The van der Waals surface area contributed by atoms with Gasteiger partial charge in [-0.05, 0) is 42.3 Å². The van der Waals surface area contributed by atoms with Gasteiger partial charge in [-0.3, -0.25) is 4.72 Å². The second-order valence-electron chi connectivity index (χ2n) is 3.97. The lowest BCUT2D eigenvalue weighted by atomic mass is 10.3. The number of aromatic nitrogens is 1. The van der Waals surface area contributed by atoms with Crippen LogP contribution >= 0.6 is 0 Å². The van der Waals surface area contributed by atoms with Crippen LogP contribution in [-0.2, 0) is 10.0 Å². The van der Waals surface area contributed by atoms with Crippen molar-refractivity contribution < 1.29 is 12.8 Å². The number of hydrogen-bond acceptors (Lipinski definition) is 4. The second-order valence-corrected chi connectivity index (χ2v) is 5.66. The molecule has 1 aromatic heterocycles. The molecule has 7 heteroatoms. The molecule has 0 saturated heterocycles. The summed E-state index contributed by atoms with van der Waals surface area (Å²) in [6.07, 6.45) is 0. The Morgan fingerprint density at radius 2 is 1.90 bits per heavy atom. The number of nitrogens with two attached hydrogens (primary N) is 1. The van der Waals surface area contributed by atoms with E-state index >= 15 is 0 Å². The largest absolute Gasteiger partial charge is 0.320 e. The molecule has 2 rings (SSSR count). The van der Waals surface area contributed by atoms with E-state index in [0.29, 0.717) is 5.69 Å². The van der Waals surface area contributed by atoms with Gasteiger partial charge in [-0.2, -0.15) is 0 Å². The minimum Gasteiger partial charge on any atom is -0.320 e. The predicted molar refractivity (Wildman–Crippen MR) is 77.4 cm³/mol. The number of halogens is 1. The first-order valence-electron chi connectivity index (χ1n) is 5.95. The van der Waals surface area contributed by atoms with Crippen LogP contribution in [0.4, 0.5) is 10.2 Å². The molecule has 5 nitrogen and oxygen atoms in total. The summed E-state index contributed by atoms with van der Waals surface area (Å²) < 4.78 is 39.3. The van der Waals surface area contributed by atoms with Crippen molar-refractivity contribution in [2.75, 3.05) is 11.3 Å². The molecule has 0 atom stereocenters. The maximum absolute atomic E-state index is 12.8. The molecule has 1 aromatic carbocycles. The molecule has 0 spiro atoms. The van der Waals surface area contributed by atoms with Gasteiger partial charge in [-0.15, -0.1) is 0 Å². The molecule has 0 unspecified atom stereocenters. The second kappa shape index (κ2) is 6.35. The zero-order valence-electron chi connectivity index (χ0n) is 10.9. The third-order valence-corrected chi connectivity index (χ3v) is 3.80. The van der Waals surface area contributed by atoms with Crippen molar-refractivity contribution in [3.63, 3.8) is 0 Å². The SMILES string of the molecule is NCC#Cc1cccc(NS(=O)(=O)c2ccc(F)cc2)n1. The van der Waals surface area contributed by atoms with E-state index in [-0.39, 0.29) is 17.3 Å². The summed E-state index contributed by atoms with van der Waals surface area (Å²) in [6, 6.07) is 9.25. The minimum absolute atomic E-state index is 0.0517. The molecular formula is C14H12FN3O2S. The third kappa shape index (κ3) is 4.02. The van der Waals surface area contributed by atoms with Crippen LogP contribution in [0.2, 0.25) is 0 Å². The zero-order chi connectivity index (χ0) is 15.3. The number of nitrogens with one attached hydrogen (secondary N) is 1. The first kappa shape index (κ1) is 15.0. The Kier molecular flexibility index (Phi) is 4.52. The fourth-order valence-corrected chi connectivity index (χ4v) is 2.51. The number of benzene rings is 1. The lowest BCUT2D eigenvalue weighted by Gasteiger charge is -2.07. The average Bonchev–Trinajstić information content (AvgIpc) is 2.45. The standard InChI is InChI=1S/C14H12FN3O2S/c15-11-6-8-13(9-7-11)21(19,20)18-14-5-1-3-12(17-14)4-2-10-16/h1,3,5-9H,10,16H2,(H,17,18). The molecule has 0 amide bonds. The van der Waals surface area contributed by atoms with Gasteiger partial charge in [0.2, 0.25) is 0 Å². The van der Waals surface area contributed by atoms with Gasteiger partial charge in [0.05, 0.1) is 11.4 Å². The van der Waals surface area contributed by atoms with E-state index in [0.717, 1.165) is 12.1 Å². The van der Waals surface area contributed by atoms with Gasteiger partial charge in [0.15, 0.2) is 0 Å². The summed E-state index contributed by atoms with van der Waals surface area (Å²) in [6.45, 7) is 0.188. The molecule has 0 aliphatic carbocycles. The number of anilines is 1. The van der Waals surface area contributed by atoms with Crippen molar-refractivity contribution >= 4 is 15.8 Å². The van der Waals surface area contributed by atoms with E-state index in [1.54, 1.807) is 12.1 Å². The summed E-state index contributed by atoms with van der Waals surface area (Å²) in [5.74, 6) is 4.96. The Balaban J connectivity index is 2.26. The number of pyridine rings is 1. The average molecular weight is 305 g/mol. The lowest BCUT2D eigenvalue weighted by molar-refractivity contribution is 0.599. The number of sulfonamides is 1. The highest BCUT2D eigenvalue weighted by Crippen LogP contribution is 2.15. The molecular weight excluding hydrogens is 293 g/mol. The number of nitrogens with zero attached hydrogens (tertiary/aromatic N) is 1. The molecule has 0 fully saturated rings. The smallest absolute Gasteiger partial charge is 0.263 e. The molecule has 1 heterocycles. The van der Waals surface area contributed by atoms with Gasteiger partial charge in [0.25, 0.3) is 10.0 Å². The summed E-state index contributed by atoms with van der Waals surface area (Å²) >= 11 is 0. The van der Waals surface area contributed by atoms with Crippen LogP contribution in [-0.4, -0.2) is 19.9 Å². The van der Waals surface area contributed by atoms with Crippen molar-refractivity contribution in [2.24, 2.45) is 5.73 Å². The predicted octanol–water partition coefficient (Wildman–Crippen LogP) is 1.33. The first-order valence-corrected chi connectivity index (χ1v) is 7.44. The minimum atomic E-state index is -3.82. The van der Waals surface area contributed by atoms with Crippen LogP contribution in [0.3, 0.4) is 0 Å². The van der Waals surface area contributed by atoms with Crippen LogP contribution in [0.15, 0.2) is 47.4 Å². The Hall–Kier alpha value is -2.43. The molecule has 0 radical (unpaired) electrons. The monoisotopic (exact) mass is 305 g/mol. The maximum Gasteiger partial charge on any atom is 0.263 e. The molecule has 0 aliphatic heterocycles. The van der Waals surface area contributed by atoms with E-state index in [9.17, 15) is 12.8 Å². The lowest BCUT2D eigenvalue weighted by Crippen LogP contribution is -2.14. The molecule has 108 valence electrons. The molecule has 0 bridgehead atoms. The number of hydrogen-bond donors (Lipinski definition) is 2. The fraction of sp³-hybridized carbons (Fsp3) is 0.0714. The quantitative estimate of drug-likeness (QED) is 0.838.